The molecule has 158 valence electrons. The maximum Gasteiger partial charge on any atom is 0.0581 e. The molecule has 7 atom stereocenters. The first-order valence-corrected chi connectivity index (χ1v) is 12.9. The van der Waals surface area contributed by atoms with E-state index in [1.807, 2.05) is 0 Å². The Bertz CT molecular complexity index is 405. The van der Waals surface area contributed by atoms with Crippen molar-refractivity contribution in [1.82, 2.24) is 0 Å². The smallest absolute Gasteiger partial charge is 0.0581 e. The van der Waals surface area contributed by atoms with Crippen molar-refractivity contribution in [2.24, 2.45) is 29.6 Å². The van der Waals surface area contributed by atoms with Gasteiger partial charge in [0.05, 0.1) is 12.2 Å². The first kappa shape index (κ1) is 21.7. The summed E-state index contributed by atoms with van der Waals surface area (Å²) in [5.41, 5.74) is 0. The summed E-state index contributed by atoms with van der Waals surface area (Å²) in [5, 5.41) is 0. The van der Waals surface area contributed by atoms with Gasteiger partial charge < -0.3 is 4.74 Å². The number of rotatable bonds is 10. The van der Waals surface area contributed by atoms with E-state index < -0.39 is 0 Å². The Labute approximate surface area is 170 Å². The summed E-state index contributed by atoms with van der Waals surface area (Å²) in [6, 6.07) is 0. The van der Waals surface area contributed by atoms with E-state index in [4.69, 9.17) is 4.74 Å². The lowest BCUT2D eigenvalue weighted by molar-refractivity contribution is -0.0773. The number of hydrogen-bond acceptors (Lipinski definition) is 1. The SMILES string of the molecule is CCCCCCC1CCC2C(CCC3CC(OC(C)CCCC)CCC32)C1. The number of ether oxygens (including phenoxy) is 1. The Morgan fingerprint density at radius 1 is 0.741 bits per heavy atom. The van der Waals surface area contributed by atoms with E-state index in [0.717, 1.165) is 29.6 Å². The zero-order valence-electron chi connectivity index (χ0n) is 18.8. The minimum Gasteiger partial charge on any atom is -0.375 e. The normalized spacial score (nSPS) is 37.4. The molecule has 0 aromatic carbocycles. The van der Waals surface area contributed by atoms with Crippen molar-refractivity contribution in [3.05, 3.63) is 0 Å². The summed E-state index contributed by atoms with van der Waals surface area (Å²) in [6.45, 7) is 6.92. The molecule has 3 fully saturated rings. The highest BCUT2D eigenvalue weighted by atomic mass is 16.5. The third kappa shape index (κ3) is 6.22. The zero-order chi connectivity index (χ0) is 19.1. The summed E-state index contributed by atoms with van der Waals surface area (Å²) in [6.07, 6.45) is 24.2. The lowest BCUT2D eigenvalue weighted by Crippen LogP contribution is -2.43. The average molecular weight is 377 g/mol. The van der Waals surface area contributed by atoms with Crippen molar-refractivity contribution in [1.29, 1.82) is 0 Å². The molecular weight excluding hydrogens is 328 g/mol. The van der Waals surface area contributed by atoms with Crippen LogP contribution in [0.1, 0.15) is 124 Å². The van der Waals surface area contributed by atoms with Crippen molar-refractivity contribution in [3.8, 4) is 0 Å². The lowest BCUT2D eigenvalue weighted by atomic mass is 9.56. The van der Waals surface area contributed by atoms with Gasteiger partial charge in [0.15, 0.2) is 0 Å². The van der Waals surface area contributed by atoms with Gasteiger partial charge in [-0.3, -0.25) is 0 Å². The predicted octanol–water partition coefficient (Wildman–Crippen LogP) is 8.16. The summed E-state index contributed by atoms with van der Waals surface area (Å²) < 4.78 is 6.46. The molecule has 0 aromatic heterocycles. The van der Waals surface area contributed by atoms with Crippen LogP contribution in [0.5, 0.6) is 0 Å². The molecule has 0 saturated heterocycles. The third-order valence-electron chi connectivity index (χ3n) is 8.46. The molecule has 0 bridgehead atoms. The second-order valence-corrected chi connectivity index (χ2v) is 10.5. The highest BCUT2D eigenvalue weighted by Gasteiger charge is 2.44. The Morgan fingerprint density at radius 3 is 2.19 bits per heavy atom. The molecule has 1 heteroatoms. The summed E-state index contributed by atoms with van der Waals surface area (Å²) in [7, 11) is 0. The standard InChI is InChI=1S/C26H48O/c1-4-6-8-9-11-21-12-16-25-22(18-21)13-14-23-19-24(15-17-26(23)25)27-20(3)10-7-5-2/h20-26H,4-19H2,1-3H3. The highest BCUT2D eigenvalue weighted by Crippen LogP contribution is 2.53. The molecule has 0 spiro atoms. The van der Waals surface area contributed by atoms with Gasteiger partial charge in [0.1, 0.15) is 0 Å². The van der Waals surface area contributed by atoms with Crippen molar-refractivity contribution in [3.63, 3.8) is 0 Å². The summed E-state index contributed by atoms with van der Waals surface area (Å²) in [5.74, 6) is 5.27. The Kier molecular flexibility index (Phi) is 9.01. The minimum absolute atomic E-state index is 0.478. The molecule has 0 N–H and O–H groups in total. The first-order chi connectivity index (χ1) is 13.2. The number of fused-ring (bicyclic) bond motifs is 3. The Balaban J connectivity index is 1.42. The highest BCUT2D eigenvalue weighted by molar-refractivity contribution is 4.94. The van der Waals surface area contributed by atoms with Crippen LogP contribution < -0.4 is 0 Å². The van der Waals surface area contributed by atoms with Crippen LogP contribution in [-0.4, -0.2) is 12.2 Å². The molecule has 7 unspecified atom stereocenters. The van der Waals surface area contributed by atoms with Gasteiger partial charge in [-0.15, -0.1) is 0 Å². The summed E-state index contributed by atoms with van der Waals surface area (Å²) in [4.78, 5) is 0. The van der Waals surface area contributed by atoms with Gasteiger partial charge in [0.25, 0.3) is 0 Å². The molecule has 3 aliphatic carbocycles. The molecule has 0 amide bonds. The van der Waals surface area contributed by atoms with E-state index in [2.05, 4.69) is 20.8 Å². The Hall–Kier alpha value is -0.0400. The molecule has 3 aliphatic rings. The van der Waals surface area contributed by atoms with Crippen LogP contribution in [0.25, 0.3) is 0 Å². The van der Waals surface area contributed by atoms with Crippen molar-refractivity contribution >= 4 is 0 Å². The lowest BCUT2D eigenvalue weighted by Gasteiger charge is -2.51. The fourth-order valence-corrected chi connectivity index (χ4v) is 6.98. The number of unbranched alkanes of at least 4 members (excludes halogenated alkanes) is 4. The van der Waals surface area contributed by atoms with Crippen LogP contribution in [0.3, 0.4) is 0 Å². The van der Waals surface area contributed by atoms with Gasteiger partial charge in [-0.25, -0.2) is 0 Å². The molecule has 27 heavy (non-hydrogen) atoms. The van der Waals surface area contributed by atoms with E-state index >= 15 is 0 Å². The van der Waals surface area contributed by atoms with Gasteiger partial charge in [0.2, 0.25) is 0 Å². The van der Waals surface area contributed by atoms with E-state index in [-0.39, 0.29) is 0 Å². The van der Waals surface area contributed by atoms with Crippen LogP contribution in [-0.2, 0) is 4.74 Å². The van der Waals surface area contributed by atoms with Crippen LogP contribution in [0.4, 0.5) is 0 Å². The van der Waals surface area contributed by atoms with E-state index in [1.54, 1.807) is 19.3 Å². The molecule has 0 heterocycles. The molecule has 1 nitrogen and oxygen atoms in total. The molecule has 0 aliphatic heterocycles. The van der Waals surface area contributed by atoms with Crippen LogP contribution in [0.2, 0.25) is 0 Å². The monoisotopic (exact) mass is 376 g/mol. The average Bonchev–Trinajstić information content (AvgIpc) is 2.69. The van der Waals surface area contributed by atoms with Gasteiger partial charge in [0, 0.05) is 0 Å². The topological polar surface area (TPSA) is 9.23 Å². The summed E-state index contributed by atoms with van der Waals surface area (Å²) >= 11 is 0. The first-order valence-electron chi connectivity index (χ1n) is 12.9. The van der Waals surface area contributed by atoms with Crippen molar-refractivity contribution in [2.75, 3.05) is 0 Å². The van der Waals surface area contributed by atoms with Crippen LogP contribution >= 0.6 is 0 Å². The fraction of sp³-hybridized carbons (Fsp3) is 1.00. The Morgan fingerprint density at radius 2 is 1.44 bits per heavy atom. The quantitative estimate of drug-likeness (QED) is 0.349. The van der Waals surface area contributed by atoms with Gasteiger partial charge >= 0.3 is 0 Å². The van der Waals surface area contributed by atoms with Gasteiger partial charge in [-0.2, -0.15) is 0 Å². The zero-order valence-corrected chi connectivity index (χ0v) is 18.8. The number of hydrogen-bond donors (Lipinski definition) is 0. The molecule has 0 radical (unpaired) electrons. The second kappa shape index (κ2) is 11.2. The molecule has 3 rings (SSSR count). The van der Waals surface area contributed by atoms with Crippen molar-refractivity contribution in [2.45, 2.75) is 136 Å². The molecular formula is C26H48O. The van der Waals surface area contributed by atoms with Gasteiger partial charge in [-0.05, 0) is 87.9 Å². The van der Waals surface area contributed by atoms with Crippen LogP contribution in [0, 0.1) is 29.6 Å². The third-order valence-corrected chi connectivity index (χ3v) is 8.46. The van der Waals surface area contributed by atoms with Crippen LogP contribution in [0.15, 0.2) is 0 Å². The maximum atomic E-state index is 6.46. The fourth-order valence-electron chi connectivity index (χ4n) is 6.98. The molecule has 3 saturated carbocycles. The van der Waals surface area contributed by atoms with E-state index in [9.17, 15) is 0 Å². The van der Waals surface area contributed by atoms with Crippen molar-refractivity contribution < 1.29 is 4.74 Å². The predicted molar refractivity (Wildman–Crippen MR) is 117 cm³/mol. The van der Waals surface area contributed by atoms with E-state index in [1.165, 1.54) is 83.5 Å². The van der Waals surface area contributed by atoms with E-state index in [0.29, 0.717) is 12.2 Å². The largest absolute Gasteiger partial charge is 0.375 e. The minimum atomic E-state index is 0.478. The maximum absolute atomic E-state index is 6.46. The van der Waals surface area contributed by atoms with Gasteiger partial charge in [-0.1, -0.05) is 65.2 Å². The molecule has 0 aromatic rings. The second-order valence-electron chi connectivity index (χ2n) is 10.5.